The molecule has 3 heteroatoms. The number of esters is 1. The third-order valence-corrected chi connectivity index (χ3v) is 3.02. The summed E-state index contributed by atoms with van der Waals surface area (Å²) in [6.45, 7) is 2.86. The van der Waals surface area contributed by atoms with E-state index in [0.717, 1.165) is 30.8 Å². The fourth-order valence-electron chi connectivity index (χ4n) is 1.81. The molecule has 0 N–H and O–H groups in total. The number of ether oxygens (including phenoxy) is 2. The Kier molecular flexibility index (Phi) is 6.24. The normalized spacial score (nSPS) is 10.6. The minimum absolute atomic E-state index is 0.394. The summed E-state index contributed by atoms with van der Waals surface area (Å²) in [7, 11) is 0. The average molecular weight is 296 g/mol. The molecule has 0 saturated heterocycles. The maximum atomic E-state index is 11.7. The van der Waals surface area contributed by atoms with Crippen molar-refractivity contribution >= 4 is 12.0 Å². The third kappa shape index (κ3) is 5.44. The summed E-state index contributed by atoms with van der Waals surface area (Å²) in [5.41, 5.74) is 0.924. The zero-order chi connectivity index (χ0) is 15.6. The van der Waals surface area contributed by atoms with Gasteiger partial charge in [0.05, 0.1) is 6.61 Å². The van der Waals surface area contributed by atoms with Crippen molar-refractivity contribution in [3.8, 4) is 11.5 Å². The Hall–Kier alpha value is -2.55. The molecule has 2 aromatic rings. The second kappa shape index (κ2) is 8.67. The molecule has 0 spiro atoms. The first-order valence-corrected chi connectivity index (χ1v) is 7.46. The number of rotatable bonds is 7. The van der Waals surface area contributed by atoms with Gasteiger partial charge in [-0.15, -0.1) is 0 Å². The monoisotopic (exact) mass is 296 g/mol. The Bertz CT molecular complexity index is 600. The second-order valence-electron chi connectivity index (χ2n) is 4.84. The highest BCUT2D eigenvalue weighted by molar-refractivity contribution is 5.88. The fraction of sp³-hybridized carbons (Fsp3) is 0.211. The zero-order valence-corrected chi connectivity index (χ0v) is 12.7. The minimum atomic E-state index is -0.394. The molecular weight excluding hydrogens is 276 g/mol. The first-order valence-electron chi connectivity index (χ1n) is 7.46. The van der Waals surface area contributed by atoms with E-state index in [0.29, 0.717) is 5.75 Å². The first kappa shape index (κ1) is 15.8. The predicted octanol–water partition coefficient (Wildman–Crippen LogP) is 4.48. The van der Waals surface area contributed by atoms with Crippen molar-refractivity contribution in [2.75, 3.05) is 6.61 Å². The summed E-state index contributed by atoms with van der Waals surface area (Å²) in [5.74, 6) is 0.990. The number of para-hydroxylation sites is 1. The van der Waals surface area contributed by atoms with Crippen LogP contribution in [0.3, 0.4) is 0 Å². The van der Waals surface area contributed by atoms with Gasteiger partial charge in [-0.25, -0.2) is 4.79 Å². The Morgan fingerprint density at radius 1 is 1.00 bits per heavy atom. The van der Waals surface area contributed by atoms with E-state index in [4.69, 9.17) is 9.47 Å². The average Bonchev–Trinajstić information content (AvgIpc) is 2.55. The summed E-state index contributed by atoms with van der Waals surface area (Å²) in [4.78, 5) is 11.7. The van der Waals surface area contributed by atoms with Gasteiger partial charge in [0.2, 0.25) is 0 Å². The number of carbonyl (C=O) groups is 1. The van der Waals surface area contributed by atoms with Crippen molar-refractivity contribution in [3.05, 3.63) is 66.2 Å². The first-order chi connectivity index (χ1) is 10.8. The molecule has 2 rings (SSSR count). The summed E-state index contributed by atoms with van der Waals surface area (Å²) < 4.78 is 10.8. The molecule has 0 heterocycles. The Labute approximate surface area is 131 Å². The van der Waals surface area contributed by atoms with Gasteiger partial charge in [0, 0.05) is 6.08 Å². The highest BCUT2D eigenvalue weighted by Gasteiger charge is 1.99. The van der Waals surface area contributed by atoms with Crippen molar-refractivity contribution < 1.29 is 14.3 Å². The summed E-state index contributed by atoms with van der Waals surface area (Å²) in [5, 5.41) is 0. The quantitative estimate of drug-likeness (QED) is 0.327. The molecule has 0 bridgehead atoms. The van der Waals surface area contributed by atoms with Crippen LogP contribution in [0.15, 0.2) is 60.7 Å². The van der Waals surface area contributed by atoms with E-state index in [1.165, 1.54) is 6.08 Å². The third-order valence-electron chi connectivity index (χ3n) is 3.02. The van der Waals surface area contributed by atoms with Crippen LogP contribution in [-0.2, 0) is 4.79 Å². The van der Waals surface area contributed by atoms with Gasteiger partial charge in [0.25, 0.3) is 0 Å². The van der Waals surface area contributed by atoms with Crippen LogP contribution in [0.4, 0.5) is 0 Å². The molecule has 2 aromatic carbocycles. The molecule has 0 aliphatic heterocycles. The van der Waals surface area contributed by atoms with Crippen LogP contribution in [-0.4, -0.2) is 12.6 Å². The van der Waals surface area contributed by atoms with Crippen molar-refractivity contribution in [2.24, 2.45) is 0 Å². The minimum Gasteiger partial charge on any atom is -0.494 e. The molecular formula is C19H20O3. The number of hydrogen-bond donors (Lipinski definition) is 0. The van der Waals surface area contributed by atoms with Crippen LogP contribution in [0, 0.1) is 0 Å². The summed E-state index contributed by atoms with van der Waals surface area (Å²) in [6, 6.07) is 16.6. The second-order valence-corrected chi connectivity index (χ2v) is 4.84. The Morgan fingerprint density at radius 3 is 2.41 bits per heavy atom. The molecule has 0 aromatic heterocycles. The molecule has 0 aliphatic rings. The van der Waals surface area contributed by atoms with Crippen LogP contribution in [0.1, 0.15) is 25.3 Å². The lowest BCUT2D eigenvalue weighted by atomic mass is 10.2. The van der Waals surface area contributed by atoms with E-state index < -0.39 is 5.97 Å². The molecule has 0 saturated carbocycles. The molecule has 0 fully saturated rings. The number of carbonyl (C=O) groups excluding carboxylic acids is 1. The highest BCUT2D eigenvalue weighted by atomic mass is 16.5. The van der Waals surface area contributed by atoms with Gasteiger partial charge in [-0.3, -0.25) is 0 Å². The predicted molar refractivity (Wildman–Crippen MR) is 88.0 cm³/mol. The summed E-state index contributed by atoms with van der Waals surface area (Å²) in [6.07, 6.45) is 5.30. The van der Waals surface area contributed by atoms with Gasteiger partial charge in [0.15, 0.2) is 0 Å². The number of hydrogen-bond acceptors (Lipinski definition) is 3. The standard InChI is InChI=1S/C19H20O3/c1-2-3-15-21-17-12-9-16(10-13-17)11-14-19(20)22-18-7-5-4-6-8-18/h4-14H,2-3,15H2,1H3. The highest BCUT2D eigenvalue weighted by Crippen LogP contribution is 2.14. The van der Waals surface area contributed by atoms with Gasteiger partial charge in [-0.2, -0.15) is 0 Å². The SMILES string of the molecule is CCCCOc1ccc(C=CC(=O)Oc2ccccc2)cc1. The van der Waals surface area contributed by atoms with Crippen molar-refractivity contribution in [1.29, 1.82) is 0 Å². The fourth-order valence-corrected chi connectivity index (χ4v) is 1.81. The van der Waals surface area contributed by atoms with Gasteiger partial charge in [-0.1, -0.05) is 43.7 Å². The van der Waals surface area contributed by atoms with Crippen LogP contribution in [0.25, 0.3) is 6.08 Å². The van der Waals surface area contributed by atoms with Crippen LogP contribution >= 0.6 is 0 Å². The number of unbranched alkanes of at least 4 members (excludes halogenated alkanes) is 1. The molecule has 0 unspecified atom stereocenters. The van der Waals surface area contributed by atoms with E-state index in [1.807, 2.05) is 42.5 Å². The maximum absolute atomic E-state index is 11.7. The van der Waals surface area contributed by atoms with Crippen LogP contribution in [0.2, 0.25) is 0 Å². The zero-order valence-electron chi connectivity index (χ0n) is 12.7. The van der Waals surface area contributed by atoms with Crippen molar-refractivity contribution in [3.63, 3.8) is 0 Å². The molecule has 22 heavy (non-hydrogen) atoms. The van der Waals surface area contributed by atoms with E-state index in [2.05, 4.69) is 6.92 Å². The molecule has 0 amide bonds. The van der Waals surface area contributed by atoms with E-state index in [-0.39, 0.29) is 0 Å². The van der Waals surface area contributed by atoms with Crippen LogP contribution in [0.5, 0.6) is 11.5 Å². The Balaban J connectivity index is 1.85. The van der Waals surface area contributed by atoms with Gasteiger partial charge < -0.3 is 9.47 Å². The molecule has 3 nitrogen and oxygen atoms in total. The lowest BCUT2D eigenvalue weighted by Crippen LogP contribution is -2.03. The van der Waals surface area contributed by atoms with Gasteiger partial charge >= 0.3 is 5.97 Å². The molecule has 0 aliphatic carbocycles. The van der Waals surface area contributed by atoms with E-state index in [9.17, 15) is 4.79 Å². The van der Waals surface area contributed by atoms with E-state index >= 15 is 0 Å². The number of benzene rings is 2. The largest absolute Gasteiger partial charge is 0.494 e. The van der Waals surface area contributed by atoms with Crippen LogP contribution < -0.4 is 9.47 Å². The van der Waals surface area contributed by atoms with Crippen molar-refractivity contribution in [2.45, 2.75) is 19.8 Å². The Morgan fingerprint density at radius 2 is 1.73 bits per heavy atom. The molecule has 114 valence electrons. The van der Waals surface area contributed by atoms with Gasteiger partial charge in [-0.05, 0) is 42.3 Å². The summed E-state index contributed by atoms with van der Waals surface area (Å²) >= 11 is 0. The van der Waals surface area contributed by atoms with E-state index in [1.54, 1.807) is 18.2 Å². The lowest BCUT2D eigenvalue weighted by Gasteiger charge is -2.05. The van der Waals surface area contributed by atoms with Gasteiger partial charge in [0.1, 0.15) is 11.5 Å². The lowest BCUT2D eigenvalue weighted by molar-refractivity contribution is -0.128. The van der Waals surface area contributed by atoms with Crippen molar-refractivity contribution in [1.82, 2.24) is 0 Å². The topological polar surface area (TPSA) is 35.5 Å². The molecule has 0 radical (unpaired) electrons. The molecule has 0 atom stereocenters. The maximum Gasteiger partial charge on any atom is 0.336 e. The smallest absolute Gasteiger partial charge is 0.336 e.